The lowest BCUT2D eigenvalue weighted by Crippen LogP contribution is -2.28. The largest absolute Gasteiger partial charge is 0.308 e. The molecule has 1 aromatic heterocycles. The monoisotopic (exact) mass is 264 g/mol. The van der Waals surface area contributed by atoms with Crippen LogP contribution in [0.5, 0.6) is 0 Å². The predicted octanol–water partition coefficient (Wildman–Crippen LogP) is 2.73. The van der Waals surface area contributed by atoms with Crippen molar-refractivity contribution in [1.82, 2.24) is 9.78 Å². The van der Waals surface area contributed by atoms with Gasteiger partial charge in [0.1, 0.15) is 6.54 Å². The minimum atomic E-state index is 0.793. The maximum atomic E-state index is 4.68. The summed E-state index contributed by atoms with van der Waals surface area (Å²) in [5, 5.41) is 4.68. The lowest BCUT2D eigenvalue weighted by molar-refractivity contribution is -0.661. The van der Waals surface area contributed by atoms with Gasteiger partial charge in [-0.1, -0.05) is 48.0 Å². The van der Waals surface area contributed by atoms with Gasteiger partial charge >= 0.3 is 5.82 Å². The molecule has 100 valence electrons. The first kappa shape index (κ1) is 12.6. The number of hydrogen-bond donors (Lipinski definition) is 0. The molecule has 3 nitrogen and oxygen atoms in total. The van der Waals surface area contributed by atoms with Crippen LogP contribution in [0.15, 0.2) is 60.9 Å². The summed E-state index contributed by atoms with van der Waals surface area (Å²) in [6, 6.07) is 18.8. The topological polar surface area (TPSA) is 21.7 Å². The Morgan fingerprint density at radius 2 is 1.70 bits per heavy atom. The van der Waals surface area contributed by atoms with Gasteiger partial charge in [-0.25, -0.2) is 4.57 Å². The fourth-order valence-electron chi connectivity index (χ4n) is 2.28. The molecule has 0 N–H and O–H groups in total. The Morgan fingerprint density at radius 1 is 1.00 bits per heavy atom. The van der Waals surface area contributed by atoms with Crippen molar-refractivity contribution in [3.8, 4) is 11.4 Å². The number of benzene rings is 2. The lowest BCUT2D eigenvalue weighted by Gasteiger charge is -1.96. The highest BCUT2D eigenvalue weighted by molar-refractivity contribution is 5.50. The lowest BCUT2D eigenvalue weighted by atomic mass is 10.1. The molecule has 0 spiro atoms. The molecule has 0 saturated carbocycles. The Hall–Kier alpha value is -2.42. The van der Waals surface area contributed by atoms with Crippen molar-refractivity contribution >= 4 is 0 Å². The quantitative estimate of drug-likeness (QED) is 0.667. The van der Waals surface area contributed by atoms with E-state index in [4.69, 9.17) is 0 Å². The molecule has 0 fully saturated rings. The van der Waals surface area contributed by atoms with Crippen LogP contribution in [0.3, 0.4) is 0 Å². The molecule has 0 radical (unpaired) electrons. The van der Waals surface area contributed by atoms with E-state index in [-0.39, 0.29) is 0 Å². The van der Waals surface area contributed by atoms with Crippen molar-refractivity contribution in [1.29, 1.82) is 0 Å². The molecule has 0 atom stereocenters. The minimum absolute atomic E-state index is 0.793. The van der Waals surface area contributed by atoms with Gasteiger partial charge in [0.05, 0.1) is 12.6 Å². The Kier molecular flexibility index (Phi) is 3.33. The summed E-state index contributed by atoms with van der Waals surface area (Å²) < 4.78 is 4.04. The highest BCUT2D eigenvalue weighted by Crippen LogP contribution is 2.12. The molecule has 1 heterocycles. The van der Waals surface area contributed by atoms with Crippen LogP contribution in [0.2, 0.25) is 0 Å². The first-order chi connectivity index (χ1) is 9.72. The van der Waals surface area contributed by atoms with E-state index in [1.54, 1.807) is 0 Å². The zero-order valence-corrected chi connectivity index (χ0v) is 11.8. The van der Waals surface area contributed by atoms with E-state index in [0.717, 1.165) is 17.9 Å². The first-order valence-electron chi connectivity index (χ1n) is 6.76. The second-order valence-electron chi connectivity index (χ2n) is 5.10. The molecule has 0 aliphatic carbocycles. The van der Waals surface area contributed by atoms with Crippen LogP contribution >= 0.6 is 0 Å². The Balaban J connectivity index is 1.87. The molecular formula is C17H18N3+. The summed E-state index contributed by atoms with van der Waals surface area (Å²) in [5.74, 6) is 0.984. The highest BCUT2D eigenvalue weighted by Gasteiger charge is 2.15. The molecule has 0 aliphatic rings. The molecule has 0 amide bonds. The summed E-state index contributed by atoms with van der Waals surface area (Å²) in [5.41, 5.74) is 3.68. The van der Waals surface area contributed by atoms with Gasteiger partial charge in [0.15, 0.2) is 0 Å². The molecule has 3 heteroatoms. The van der Waals surface area contributed by atoms with E-state index in [0.29, 0.717) is 0 Å². The third kappa shape index (κ3) is 2.62. The zero-order valence-electron chi connectivity index (χ0n) is 11.8. The SMILES string of the molecule is Cc1ccc(Cn2c[n+](C)c(-c3ccccc3)n2)cc1. The number of aryl methyl sites for hydroxylation is 2. The molecule has 2 aromatic carbocycles. The van der Waals surface area contributed by atoms with Crippen molar-refractivity contribution in [2.24, 2.45) is 7.05 Å². The summed E-state index contributed by atoms with van der Waals surface area (Å²) >= 11 is 0. The van der Waals surface area contributed by atoms with Crippen LogP contribution in [-0.4, -0.2) is 9.78 Å². The summed E-state index contributed by atoms with van der Waals surface area (Å²) in [6.45, 7) is 2.89. The standard InChI is InChI=1S/C17H18N3/c1-14-8-10-15(11-9-14)12-20-13-19(2)17(18-20)16-6-4-3-5-7-16/h3-11,13H,12H2,1-2H3/q+1. The fourth-order valence-corrected chi connectivity index (χ4v) is 2.28. The van der Waals surface area contributed by atoms with E-state index < -0.39 is 0 Å². The van der Waals surface area contributed by atoms with Crippen molar-refractivity contribution in [2.75, 3.05) is 0 Å². The second kappa shape index (κ2) is 5.29. The average Bonchev–Trinajstić information content (AvgIpc) is 2.83. The Labute approximate surface area is 119 Å². The van der Waals surface area contributed by atoms with E-state index in [1.165, 1.54) is 11.1 Å². The third-order valence-corrected chi connectivity index (χ3v) is 3.36. The van der Waals surface area contributed by atoms with Gasteiger partial charge in [-0.15, -0.1) is 4.68 Å². The average molecular weight is 264 g/mol. The minimum Gasteiger partial charge on any atom is -0.233 e. The molecule has 0 aliphatic heterocycles. The van der Waals surface area contributed by atoms with Crippen molar-refractivity contribution in [3.63, 3.8) is 0 Å². The fraction of sp³-hybridized carbons (Fsp3) is 0.176. The van der Waals surface area contributed by atoms with E-state index in [9.17, 15) is 0 Å². The van der Waals surface area contributed by atoms with Crippen LogP contribution in [0.25, 0.3) is 11.4 Å². The maximum absolute atomic E-state index is 4.68. The van der Waals surface area contributed by atoms with Gasteiger partial charge in [0.25, 0.3) is 0 Å². The maximum Gasteiger partial charge on any atom is 0.308 e. The van der Waals surface area contributed by atoms with Gasteiger partial charge in [0.2, 0.25) is 6.33 Å². The Bertz CT molecular complexity index is 697. The molecular weight excluding hydrogens is 246 g/mol. The molecule has 3 rings (SSSR count). The zero-order chi connectivity index (χ0) is 13.9. The summed E-state index contributed by atoms with van der Waals surface area (Å²) in [6.07, 6.45) is 2.03. The van der Waals surface area contributed by atoms with Gasteiger partial charge in [-0.3, -0.25) is 0 Å². The molecule has 0 bridgehead atoms. The summed E-state index contributed by atoms with van der Waals surface area (Å²) in [4.78, 5) is 0. The predicted molar refractivity (Wildman–Crippen MR) is 79.1 cm³/mol. The van der Waals surface area contributed by atoms with Gasteiger partial charge in [0, 0.05) is 5.10 Å². The number of nitrogens with zero attached hydrogens (tertiary/aromatic N) is 3. The summed E-state index contributed by atoms with van der Waals surface area (Å²) in [7, 11) is 2.03. The number of rotatable bonds is 3. The first-order valence-corrected chi connectivity index (χ1v) is 6.76. The van der Waals surface area contributed by atoms with Gasteiger partial charge in [-0.05, 0) is 24.6 Å². The molecule has 20 heavy (non-hydrogen) atoms. The number of hydrogen-bond acceptors (Lipinski definition) is 1. The molecule has 3 aromatic rings. The van der Waals surface area contributed by atoms with Crippen LogP contribution in [0.1, 0.15) is 11.1 Å². The number of aromatic nitrogens is 3. The van der Waals surface area contributed by atoms with Crippen molar-refractivity contribution in [2.45, 2.75) is 13.5 Å². The van der Waals surface area contributed by atoms with Crippen LogP contribution in [0.4, 0.5) is 0 Å². The molecule has 0 saturated heterocycles. The van der Waals surface area contributed by atoms with Gasteiger partial charge in [-0.2, -0.15) is 0 Å². The van der Waals surface area contributed by atoms with E-state index in [1.807, 2.05) is 36.3 Å². The van der Waals surface area contributed by atoms with Crippen molar-refractivity contribution in [3.05, 3.63) is 72.1 Å². The molecule has 0 unspecified atom stereocenters. The normalized spacial score (nSPS) is 10.7. The Morgan fingerprint density at radius 3 is 2.40 bits per heavy atom. The van der Waals surface area contributed by atoms with Crippen molar-refractivity contribution < 1.29 is 4.57 Å². The van der Waals surface area contributed by atoms with Gasteiger partial charge < -0.3 is 0 Å². The van der Waals surface area contributed by atoms with Crippen LogP contribution in [0, 0.1) is 6.92 Å². The van der Waals surface area contributed by atoms with E-state index >= 15 is 0 Å². The van der Waals surface area contributed by atoms with Crippen LogP contribution < -0.4 is 4.57 Å². The third-order valence-electron chi connectivity index (χ3n) is 3.36. The highest BCUT2D eigenvalue weighted by atomic mass is 15.4. The van der Waals surface area contributed by atoms with E-state index in [2.05, 4.69) is 53.0 Å². The second-order valence-corrected chi connectivity index (χ2v) is 5.10. The smallest absolute Gasteiger partial charge is 0.233 e. The van der Waals surface area contributed by atoms with Crippen LogP contribution in [-0.2, 0) is 13.6 Å².